The second kappa shape index (κ2) is 5.07. The van der Waals surface area contributed by atoms with Gasteiger partial charge in [-0.25, -0.2) is 9.78 Å². The molecule has 14 heavy (non-hydrogen) atoms. The van der Waals surface area contributed by atoms with Crippen LogP contribution in [0.4, 0.5) is 0 Å². The van der Waals surface area contributed by atoms with Crippen molar-refractivity contribution in [3.8, 4) is 0 Å². The molecular formula is C9H13NO3S. The van der Waals surface area contributed by atoms with Crippen LogP contribution in [0.3, 0.4) is 0 Å². The fourth-order valence-electron chi connectivity index (χ4n) is 0.817. The fraction of sp³-hybridized carbons (Fsp3) is 0.556. The Kier molecular flexibility index (Phi) is 4.03. The topological polar surface area (TPSA) is 59.4 Å². The van der Waals surface area contributed by atoms with Crippen LogP contribution < -0.4 is 0 Å². The van der Waals surface area contributed by atoms with E-state index in [1.165, 1.54) is 0 Å². The van der Waals surface area contributed by atoms with E-state index in [4.69, 9.17) is 9.84 Å². The molecule has 0 saturated heterocycles. The molecule has 5 heteroatoms. The Hall–Kier alpha value is -0.940. The van der Waals surface area contributed by atoms with Gasteiger partial charge >= 0.3 is 5.97 Å². The minimum Gasteiger partial charge on any atom is -0.476 e. The van der Waals surface area contributed by atoms with Crippen molar-refractivity contribution in [1.82, 2.24) is 4.98 Å². The summed E-state index contributed by atoms with van der Waals surface area (Å²) in [5.74, 6) is -0.982. The molecule has 0 fully saturated rings. The smallest absolute Gasteiger partial charge is 0.365 e. The van der Waals surface area contributed by atoms with Crippen molar-refractivity contribution < 1.29 is 14.6 Å². The van der Waals surface area contributed by atoms with E-state index in [1.807, 2.05) is 13.8 Å². The van der Waals surface area contributed by atoms with Crippen molar-refractivity contribution in [3.63, 3.8) is 0 Å². The molecule has 0 aliphatic rings. The molecule has 1 rings (SSSR count). The lowest BCUT2D eigenvalue weighted by Crippen LogP contribution is -2.06. The molecule has 1 heterocycles. The monoisotopic (exact) mass is 215 g/mol. The zero-order chi connectivity index (χ0) is 10.6. The van der Waals surface area contributed by atoms with Gasteiger partial charge in [0.25, 0.3) is 0 Å². The first-order valence-electron chi connectivity index (χ1n) is 4.42. The third kappa shape index (κ3) is 3.08. The number of carboxylic acids is 1. The highest BCUT2D eigenvalue weighted by molar-refractivity contribution is 7.11. The molecule has 0 aliphatic carbocycles. The summed E-state index contributed by atoms with van der Waals surface area (Å²) in [4.78, 5) is 14.4. The van der Waals surface area contributed by atoms with E-state index in [-0.39, 0.29) is 11.1 Å². The highest BCUT2D eigenvalue weighted by Crippen LogP contribution is 2.11. The lowest BCUT2D eigenvalue weighted by atomic mass is 10.3. The lowest BCUT2D eigenvalue weighted by molar-refractivity contribution is 0.0490. The maximum Gasteiger partial charge on any atom is 0.365 e. The van der Waals surface area contributed by atoms with Gasteiger partial charge in [0.05, 0.1) is 18.4 Å². The van der Waals surface area contributed by atoms with E-state index < -0.39 is 5.97 Å². The fourth-order valence-corrected chi connectivity index (χ4v) is 1.46. The van der Waals surface area contributed by atoms with Gasteiger partial charge in [-0.05, 0) is 13.3 Å². The Balaban J connectivity index is 2.48. The van der Waals surface area contributed by atoms with Gasteiger partial charge in [-0.2, -0.15) is 0 Å². The summed E-state index contributed by atoms with van der Waals surface area (Å²) in [6.07, 6.45) is 1.13. The summed E-state index contributed by atoms with van der Waals surface area (Å²) in [5, 5.41) is 10.5. The number of ether oxygens (including phenoxy) is 1. The van der Waals surface area contributed by atoms with E-state index in [1.54, 1.807) is 5.38 Å². The minimum atomic E-state index is -0.982. The zero-order valence-electron chi connectivity index (χ0n) is 8.19. The molecule has 0 aliphatic heterocycles. The average molecular weight is 215 g/mol. The van der Waals surface area contributed by atoms with E-state index in [0.29, 0.717) is 12.3 Å². The first kappa shape index (κ1) is 11.1. The molecule has 0 aromatic carbocycles. The molecule has 0 bridgehead atoms. The van der Waals surface area contributed by atoms with Crippen LogP contribution in [-0.2, 0) is 11.3 Å². The second-order valence-electron chi connectivity index (χ2n) is 2.98. The predicted molar refractivity (Wildman–Crippen MR) is 53.6 cm³/mol. The highest BCUT2D eigenvalue weighted by Gasteiger charge is 2.09. The van der Waals surface area contributed by atoms with E-state index >= 15 is 0 Å². The Morgan fingerprint density at radius 3 is 3.00 bits per heavy atom. The number of nitrogens with zero attached hydrogens (tertiary/aromatic N) is 1. The molecule has 4 nitrogen and oxygen atoms in total. The number of carboxylic acid groups (broad SMARTS) is 1. The normalized spacial score (nSPS) is 12.7. The van der Waals surface area contributed by atoms with Crippen LogP contribution in [-0.4, -0.2) is 22.2 Å². The summed E-state index contributed by atoms with van der Waals surface area (Å²) >= 11 is 1.13. The van der Waals surface area contributed by atoms with Gasteiger partial charge in [-0.1, -0.05) is 6.92 Å². The van der Waals surface area contributed by atoms with E-state index in [2.05, 4.69) is 4.98 Å². The zero-order valence-corrected chi connectivity index (χ0v) is 9.00. The van der Waals surface area contributed by atoms with Crippen LogP contribution in [0.2, 0.25) is 0 Å². The third-order valence-corrected chi connectivity index (χ3v) is 2.70. The van der Waals surface area contributed by atoms with Crippen molar-refractivity contribution in [2.75, 3.05) is 0 Å². The van der Waals surface area contributed by atoms with Crippen molar-refractivity contribution in [1.29, 1.82) is 0 Å². The Labute approximate surface area is 86.6 Å². The number of hydrogen-bond acceptors (Lipinski definition) is 4. The van der Waals surface area contributed by atoms with Gasteiger partial charge in [0.2, 0.25) is 5.01 Å². The summed E-state index contributed by atoms with van der Waals surface area (Å²) in [6, 6.07) is 0. The molecule has 0 amide bonds. The molecule has 1 N–H and O–H groups in total. The first-order valence-corrected chi connectivity index (χ1v) is 5.30. The summed E-state index contributed by atoms with van der Waals surface area (Å²) in [5.41, 5.74) is 0.688. The first-order chi connectivity index (χ1) is 6.63. The Bertz CT molecular complexity index is 311. The lowest BCUT2D eigenvalue weighted by Gasteiger charge is -2.07. The second-order valence-corrected chi connectivity index (χ2v) is 3.84. The molecule has 1 aromatic rings. The number of rotatable bonds is 5. The largest absolute Gasteiger partial charge is 0.476 e. The molecular weight excluding hydrogens is 202 g/mol. The molecule has 0 radical (unpaired) electrons. The van der Waals surface area contributed by atoms with Crippen LogP contribution in [0, 0.1) is 0 Å². The SMILES string of the molecule is CCC(C)OCc1csc(C(=O)O)n1. The van der Waals surface area contributed by atoms with Gasteiger partial charge in [0, 0.05) is 5.38 Å². The van der Waals surface area contributed by atoms with Crippen molar-refractivity contribution in [2.24, 2.45) is 0 Å². The molecule has 1 atom stereocenters. The highest BCUT2D eigenvalue weighted by atomic mass is 32.1. The summed E-state index contributed by atoms with van der Waals surface area (Å²) in [7, 11) is 0. The van der Waals surface area contributed by atoms with E-state index in [9.17, 15) is 4.79 Å². The number of thiazole rings is 1. The van der Waals surface area contributed by atoms with E-state index in [0.717, 1.165) is 17.8 Å². The molecule has 78 valence electrons. The maximum atomic E-state index is 10.5. The van der Waals surface area contributed by atoms with Gasteiger partial charge < -0.3 is 9.84 Å². The van der Waals surface area contributed by atoms with Crippen molar-refractivity contribution >= 4 is 17.3 Å². The Morgan fingerprint density at radius 2 is 2.50 bits per heavy atom. The van der Waals surface area contributed by atoms with Crippen LogP contribution in [0.1, 0.15) is 35.8 Å². The van der Waals surface area contributed by atoms with Gasteiger partial charge in [0.15, 0.2) is 0 Å². The molecule has 0 saturated carbocycles. The molecule has 1 unspecified atom stereocenters. The number of aromatic nitrogens is 1. The number of hydrogen-bond donors (Lipinski definition) is 1. The maximum absolute atomic E-state index is 10.5. The van der Waals surface area contributed by atoms with Crippen LogP contribution >= 0.6 is 11.3 Å². The standard InChI is InChI=1S/C9H13NO3S/c1-3-6(2)13-4-7-5-14-8(10-7)9(11)12/h5-6H,3-4H2,1-2H3,(H,11,12). The van der Waals surface area contributed by atoms with Crippen molar-refractivity contribution in [3.05, 3.63) is 16.1 Å². The summed E-state index contributed by atoms with van der Waals surface area (Å²) in [6.45, 7) is 4.40. The third-order valence-electron chi connectivity index (χ3n) is 1.83. The molecule has 0 spiro atoms. The van der Waals surface area contributed by atoms with Gasteiger partial charge in [-0.15, -0.1) is 11.3 Å². The minimum absolute atomic E-state index is 0.118. The van der Waals surface area contributed by atoms with Crippen molar-refractivity contribution in [2.45, 2.75) is 33.0 Å². The number of aromatic carboxylic acids is 1. The number of carbonyl (C=O) groups is 1. The van der Waals surface area contributed by atoms with Crippen LogP contribution in [0.25, 0.3) is 0 Å². The predicted octanol–water partition coefficient (Wildman–Crippen LogP) is 2.16. The summed E-state index contributed by atoms with van der Waals surface area (Å²) < 4.78 is 5.42. The van der Waals surface area contributed by atoms with Gasteiger partial charge in [-0.3, -0.25) is 0 Å². The average Bonchev–Trinajstić information content (AvgIpc) is 2.62. The Morgan fingerprint density at radius 1 is 1.79 bits per heavy atom. The quantitative estimate of drug-likeness (QED) is 0.817. The van der Waals surface area contributed by atoms with Crippen LogP contribution in [0.15, 0.2) is 5.38 Å². The van der Waals surface area contributed by atoms with Crippen LogP contribution in [0.5, 0.6) is 0 Å². The molecule has 1 aromatic heterocycles. The van der Waals surface area contributed by atoms with Gasteiger partial charge in [0.1, 0.15) is 0 Å².